The van der Waals surface area contributed by atoms with E-state index in [9.17, 15) is 4.79 Å². The summed E-state index contributed by atoms with van der Waals surface area (Å²) in [6, 6.07) is 0. The number of carboxylic acid groups (broad SMARTS) is 1. The van der Waals surface area contributed by atoms with E-state index in [0.29, 0.717) is 5.15 Å². The summed E-state index contributed by atoms with van der Waals surface area (Å²) >= 11 is 6.55. The van der Waals surface area contributed by atoms with Gasteiger partial charge in [-0.1, -0.05) is 11.6 Å². The number of amides is 1. The van der Waals surface area contributed by atoms with Crippen LogP contribution in [0.15, 0.2) is 5.38 Å². The van der Waals surface area contributed by atoms with Gasteiger partial charge >= 0.3 is 6.09 Å². The van der Waals surface area contributed by atoms with Crippen molar-refractivity contribution in [2.75, 3.05) is 5.32 Å². The van der Waals surface area contributed by atoms with Crippen molar-refractivity contribution in [3.8, 4) is 0 Å². The molecule has 0 saturated heterocycles. The molecule has 0 aliphatic rings. The third kappa shape index (κ3) is 1.85. The molecule has 10 heavy (non-hydrogen) atoms. The zero-order chi connectivity index (χ0) is 7.56. The molecule has 0 bridgehead atoms. The smallest absolute Gasteiger partial charge is 0.410 e. The molecular formula is C4H3ClN2O2S. The van der Waals surface area contributed by atoms with Crippen LogP contribution in [0.4, 0.5) is 9.93 Å². The van der Waals surface area contributed by atoms with Crippen LogP contribution in [0.5, 0.6) is 0 Å². The SMILES string of the molecule is O=C(O)Nc1nc(Cl)cs1. The summed E-state index contributed by atoms with van der Waals surface area (Å²) in [5.41, 5.74) is 0. The Balaban J connectivity index is 2.67. The monoisotopic (exact) mass is 178 g/mol. The van der Waals surface area contributed by atoms with Gasteiger partial charge in [-0.05, 0) is 0 Å². The maximum absolute atomic E-state index is 9.99. The fourth-order valence-corrected chi connectivity index (χ4v) is 1.23. The van der Waals surface area contributed by atoms with Crippen LogP contribution in [-0.2, 0) is 0 Å². The maximum atomic E-state index is 9.99. The van der Waals surface area contributed by atoms with Gasteiger partial charge in [0.15, 0.2) is 5.13 Å². The van der Waals surface area contributed by atoms with E-state index >= 15 is 0 Å². The summed E-state index contributed by atoms with van der Waals surface area (Å²) in [4.78, 5) is 13.6. The Kier molecular flexibility index (Phi) is 2.08. The number of hydrogen-bond donors (Lipinski definition) is 2. The second-order valence-electron chi connectivity index (χ2n) is 1.41. The summed E-state index contributed by atoms with van der Waals surface area (Å²) in [6.07, 6.45) is -1.13. The predicted octanol–water partition coefficient (Wildman–Crippen LogP) is 1.89. The average Bonchev–Trinajstić information content (AvgIpc) is 2.13. The van der Waals surface area contributed by atoms with E-state index in [4.69, 9.17) is 16.7 Å². The fraction of sp³-hybridized carbons (Fsp3) is 0. The molecule has 0 saturated carbocycles. The van der Waals surface area contributed by atoms with Gasteiger partial charge in [-0.3, -0.25) is 5.32 Å². The summed E-state index contributed by atoms with van der Waals surface area (Å²) in [5.74, 6) is 0. The fourth-order valence-electron chi connectivity index (χ4n) is 0.403. The molecule has 2 N–H and O–H groups in total. The number of anilines is 1. The largest absolute Gasteiger partial charge is 0.465 e. The topological polar surface area (TPSA) is 62.2 Å². The number of rotatable bonds is 1. The summed E-state index contributed by atoms with van der Waals surface area (Å²) in [6.45, 7) is 0. The highest BCUT2D eigenvalue weighted by Gasteiger charge is 2.01. The van der Waals surface area contributed by atoms with Gasteiger partial charge in [0.1, 0.15) is 5.15 Å². The minimum Gasteiger partial charge on any atom is -0.465 e. The molecule has 0 unspecified atom stereocenters. The lowest BCUT2D eigenvalue weighted by Crippen LogP contribution is -2.06. The molecule has 0 atom stereocenters. The molecule has 6 heteroatoms. The van der Waals surface area contributed by atoms with E-state index in [-0.39, 0.29) is 5.13 Å². The number of thiazole rings is 1. The van der Waals surface area contributed by atoms with Crippen molar-refractivity contribution in [2.24, 2.45) is 0 Å². The van der Waals surface area contributed by atoms with Crippen molar-refractivity contribution in [2.45, 2.75) is 0 Å². The molecule has 1 rings (SSSR count). The van der Waals surface area contributed by atoms with Crippen molar-refractivity contribution in [1.29, 1.82) is 0 Å². The first-order chi connectivity index (χ1) is 4.68. The highest BCUT2D eigenvalue weighted by molar-refractivity contribution is 7.14. The second kappa shape index (κ2) is 2.85. The number of carbonyl (C=O) groups is 1. The number of hydrogen-bond acceptors (Lipinski definition) is 3. The first-order valence-corrected chi connectivity index (χ1v) is 3.55. The normalized spacial score (nSPS) is 9.30. The van der Waals surface area contributed by atoms with E-state index in [2.05, 4.69) is 10.3 Å². The summed E-state index contributed by atoms with van der Waals surface area (Å²) in [7, 11) is 0. The van der Waals surface area contributed by atoms with Crippen LogP contribution in [0.3, 0.4) is 0 Å². The molecule has 1 amide bonds. The van der Waals surface area contributed by atoms with Gasteiger partial charge in [-0.15, -0.1) is 11.3 Å². The molecule has 1 heterocycles. The highest BCUT2D eigenvalue weighted by atomic mass is 35.5. The van der Waals surface area contributed by atoms with Crippen LogP contribution in [0.1, 0.15) is 0 Å². The van der Waals surface area contributed by atoms with Crippen LogP contribution < -0.4 is 5.32 Å². The van der Waals surface area contributed by atoms with Crippen LogP contribution in [0.25, 0.3) is 0 Å². The minimum absolute atomic E-state index is 0.289. The van der Waals surface area contributed by atoms with E-state index in [1.807, 2.05) is 0 Å². The Morgan fingerprint density at radius 3 is 3.00 bits per heavy atom. The zero-order valence-corrected chi connectivity index (χ0v) is 6.24. The first-order valence-electron chi connectivity index (χ1n) is 2.29. The van der Waals surface area contributed by atoms with E-state index in [0.717, 1.165) is 11.3 Å². The number of aromatic nitrogens is 1. The van der Waals surface area contributed by atoms with Crippen LogP contribution >= 0.6 is 22.9 Å². The quantitative estimate of drug-likeness (QED) is 0.690. The van der Waals surface area contributed by atoms with Crippen molar-refractivity contribution in [1.82, 2.24) is 4.98 Å². The molecular weight excluding hydrogens is 176 g/mol. The van der Waals surface area contributed by atoms with Gasteiger partial charge in [-0.2, -0.15) is 0 Å². The molecule has 4 nitrogen and oxygen atoms in total. The van der Waals surface area contributed by atoms with Gasteiger partial charge < -0.3 is 5.11 Å². The Morgan fingerprint density at radius 2 is 2.60 bits per heavy atom. The third-order valence-electron chi connectivity index (χ3n) is 0.690. The van der Waals surface area contributed by atoms with Crippen LogP contribution in [0, 0.1) is 0 Å². The molecule has 0 aliphatic carbocycles. The molecule has 0 aliphatic heterocycles. The van der Waals surface area contributed by atoms with Crippen LogP contribution in [-0.4, -0.2) is 16.2 Å². The molecule has 0 fully saturated rings. The Bertz CT molecular complexity index is 249. The Hall–Kier alpha value is -0.810. The van der Waals surface area contributed by atoms with E-state index in [1.165, 1.54) is 0 Å². The zero-order valence-electron chi connectivity index (χ0n) is 4.67. The van der Waals surface area contributed by atoms with Gasteiger partial charge in [0.05, 0.1) is 0 Å². The predicted molar refractivity (Wildman–Crippen MR) is 38.8 cm³/mol. The van der Waals surface area contributed by atoms with Gasteiger partial charge in [0, 0.05) is 5.38 Å². The summed E-state index contributed by atoms with van der Waals surface area (Å²) < 4.78 is 0. The third-order valence-corrected chi connectivity index (χ3v) is 1.77. The van der Waals surface area contributed by atoms with E-state index in [1.54, 1.807) is 5.38 Å². The standard InChI is InChI=1S/C4H3ClN2O2S/c5-2-1-10-3(6-2)7-4(8)9/h1H,(H,6,7)(H,8,9). The molecule has 0 aromatic carbocycles. The Labute approximate surface area is 65.5 Å². The highest BCUT2D eigenvalue weighted by Crippen LogP contribution is 2.18. The van der Waals surface area contributed by atoms with Gasteiger partial charge in [-0.25, -0.2) is 9.78 Å². The van der Waals surface area contributed by atoms with Crippen molar-refractivity contribution in [3.05, 3.63) is 10.5 Å². The van der Waals surface area contributed by atoms with Crippen LogP contribution in [0.2, 0.25) is 5.15 Å². The number of nitrogens with zero attached hydrogens (tertiary/aromatic N) is 1. The van der Waals surface area contributed by atoms with E-state index < -0.39 is 6.09 Å². The maximum Gasteiger partial charge on any atom is 0.410 e. The Morgan fingerprint density at radius 1 is 1.90 bits per heavy atom. The molecule has 54 valence electrons. The summed E-state index contributed by atoms with van der Waals surface area (Å²) in [5, 5.41) is 12.4. The number of nitrogens with one attached hydrogen (secondary N) is 1. The minimum atomic E-state index is -1.13. The molecule has 0 radical (unpaired) electrons. The van der Waals surface area contributed by atoms with Gasteiger partial charge in [0.25, 0.3) is 0 Å². The molecule has 1 aromatic rings. The number of halogens is 1. The van der Waals surface area contributed by atoms with Crippen molar-refractivity contribution in [3.63, 3.8) is 0 Å². The lowest BCUT2D eigenvalue weighted by molar-refractivity contribution is 0.209. The molecule has 0 spiro atoms. The second-order valence-corrected chi connectivity index (χ2v) is 2.65. The van der Waals surface area contributed by atoms with Crippen molar-refractivity contribution >= 4 is 34.2 Å². The average molecular weight is 179 g/mol. The van der Waals surface area contributed by atoms with Crippen molar-refractivity contribution < 1.29 is 9.90 Å². The van der Waals surface area contributed by atoms with Gasteiger partial charge in [0.2, 0.25) is 0 Å². The molecule has 1 aromatic heterocycles. The lowest BCUT2D eigenvalue weighted by Gasteiger charge is -1.89. The lowest BCUT2D eigenvalue weighted by atomic mass is 11.0. The first kappa shape index (κ1) is 7.30.